The molecule has 0 spiro atoms. The first-order valence-electron chi connectivity index (χ1n) is 8.08. The fraction of sp³-hybridized carbons (Fsp3) is 0.294. The van der Waals surface area contributed by atoms with Crippen molar-refractivity contribution in [3.8, 4) is 10.8 Å². The molecular formula is C17H14N4OS3. The first-order valence-corrected chi connectivity index (χ1v) is 10.6. The highest BCUT2D eigenvalue weighted by atomic mass is 32.2. The third-order valence-electron chi connectivity index (χ3n) is 4.38. The van der Waals surface area contributed by atoms with Gasteiger partial charge in [-0.15, -0.1) is 32.9 Å². The third kappa shape index (κ3) is 2.78. The molecule has 4 aromatic rings. The molecule has 0 aromatic carbocycles. The van der Waals surface area contributed by atoms with E-state index >= 15 is 0 Å². The van der Waals surface area contributed by atoms with Crippen LogP contribution in [0.4, 0.5) is 0 Å². The van der Waals surface area contributed by atoms with Crippen LogP contribution in [-0.4, -0.2) is 20.2 Å². The second-order valence-electron chi connectivity index (χ2n) is 6.16. The summed E-state index contributed by atoms with van der Waals surface area (Å²) in [6, 6.07) is 3.95. The fourth-order valence-electron chi connectivity index (χ4n) is 3.16. The van der Waals surface area contributed by atoms with Crippen molar-refractivity contribution in [3.63, 3.8) is 0 Å². The number of rotatable bonds is 3. The summed E-state index contributed by atoms with van der Waals surface area (Å²) in [7, 11) is 0. The number of aryl methyl sites for hydroxylation is 1. The van der Waals surface area contributed by atoms with Crippen molar-refractivity contribution in [1.29, 1.82) is 0 Å². The molecule has 4 aromatic heterocycles. The number of fused-ring (bicyclic) bond motifs is 3. The van der Waals surface area contributed by atoms with E-state index < -0.39 is 0 Å². The van der Waals surface area contributed by atoms with Crippen molar-refractivity contribution in [1.82, 2.24) is 20.2 Å². The molecule has 25 heavy (non-hydrogen) atoms. The van der Waals surface area contributed by atoms with Crippen molar-refractivity contribution in [3.05, 3.63) is 34.3 Å². The lowest BCUT2D eigenvalue weighted by Crippen LogP contribution is -2.08. The molecule has 0 saturated heterocycles. The number of thiophene rings is 2. The van der Waals surface area contributed by atoms with Gasteiger partial charge in [0.25, 0.3) is 11.1 Å². The highest BCUT2D eigenvalue weighted by Gasteiger charge is 2.24. The van der Waals surface area contributed by atoms with Gasteiger partial charge in [0.2, 0.25) is 0 Å². The summed E-state index contributed by atoms with van der Waals surface area (Å²) in [5.41, 5.74) is 1.42. The van der Waals surface area contributed by atoms with E-state index in [2.05, 4.69) is 27.1 Å². The Morgan fingerprint density at radius 2 is 2.24 bits per heavy atom. The maximum absolute atomic E-state index is 5.81. The lowest BCUT2D eigenvalue weighted by molar-refractivity contribution is 0.466. The second kappa shape index (κ2) is 6.19. The van der Waals surface area contributed by atoms with Gasteiger partial charge in [0.05, 0.1) is 4.88 Å². The van der Waals surface area contributed by atoms with Crippen LogP contribution in [0.3, 0.4) is 0 Å². The maximum Gasteiger partial charge on any atom is 0.283 e. The quantitative estimate of drug-likeness (QED) is 0.458. The van der Waals surface area contributed by atoms with E-state index in [4.69, 9.17) is 4.42 Å². The van der Waals surface area contributed by atoms with E-state index in [-0.39, 0.29) is 0 Å². The minimum Gasteiger partial charge on any atom is -0.410 e. The molecule has 1 atom stereocenters. The molecule has 0 radical (unpaired) electrons. The lowest BCUT2D eigenvalue weighted by Gasteiger charge is -2.17. The fourth-order valence-corrected chi connectivity index (χ4v) is 6.01. The van der Waals surface area contributed by atoms with Crippen LogP contribution in [0.25, 0.3) is 21.0 Å². The highest BCUT2D eigenvalue weighted by molar-refractivity contribution is 7.99. The first kappa shape index (κ1) is 15.5. The molecule has 0 bridgehead atoms. The van der Waals surface area contributed by atoms with Crippen molar-refractivity contribution < 1.29 is 4.42 Å². The summed E-state index contributed by atoms with van der Waals surface area (Å²) in [6.07, 6.45) is 5.10. The van der Waals surface area contributed by atoms with E-state index in [1.165, 1.54) is 34.0 Å². The van der Waals surface area contributed by atoms with E-state index in [0.717, 1.165) is 33.5 Å². The van der Waals surface area contributed by atoms with E-state index in [0.29, 0.717) is 11.1 Å². The summed E-state index contributed by atoms with van der Waals surface area (Å²) < 4.78 is 5.81. The SMILES string of the molecule is C[C@H]1CCc2c(sc3ncnc(Sc4nnc(-c5cccs5)o4)c23)C1. The third-order valence-corrected chi connectivity index (χ3v) is 7.24. The zero-order valence-corrected chi connectivity index (χ0v) is 15.9. The van der Waals surface area contributed by atoms with Gasteiger partial charge in [-0.1, -0.05) is 13.0 Å². The van der Waals surface area contributed by atoms with Gasteiger partial charge < -0.3 is 4.42 Å². The summed E-state index contributed by atoms with van der Waals surface area (Å²) >= 11 is 4.82. The van der Waals surface area contributed by atoms with Crippen molar-refractivity contribution in [2.45, 2.75) is 36.4 Å². The van der Waals surface area contributed by atoms with Gasteiger partial charge in [0.15, 0.2) is 0 Å². The minimum atomic E-state index is 0.521. The zero-order valence-electron chi connectivity index (χ0n) is 13.4. The van der Waals surface area contributed by atoms with Crippen LogP contribution >= 0.6 is 34.4 Å². The topological polar surface area (TPSA) is 64.7 Å². The van der Waals surface area contributed by atoms with Gasteiger partial charge in [-0.25, -0.2) is 9.97 Å². The minimum absolute atomic E-state index is 0.521. The molecule has 1 aliphatic carbocycles. The van der Waals surface area contributed by atoms with Crippen LogP contribution in [0, 0.1) is 5.92 Å². The molecule has 126 valence electrons. The molecule has 0 unspecified atom stereocenters. The van der Waals surface area contributed by atoms with Crippen molar-refractivity contribution >= 4 is 44.7 Å². The van der Waals surface area contributed by atoms with Gasteiger partial charge >= 0.3 is 0 Å². The average Bonchev–Trinajstić information content (AvgIpc) is 3.33. The molecule has 0 amide bonds. The Morgan fingerprint density at radius 3 is 3.12 bits per heavy atom. The average molecular weight is 387 g/mol. The Morgan fingerprint density at radius 1 is 1.28 bits per heavy atom. The predicted molar refractivity (Wildman–Crippen MR) is 100 cm³/mol. The lowest BCUT2D eigenvalue weighted by atomic mass is 9.89. The standard InChI is InChI=1S/C17H14N4OS3/c1-9-4-5-10-12(7-9)24-15-13(10)16(19-8-18-15)25-17-21-20-14(22-17)11-3-2-6-23-11/h2-3,6,8-9H,4-5,7H2,1H3/t9-/m0/s1. The molecule has 0 fully saturated rings. The van der Waals surface area contributed by atoms with Crippen LogP contribution in [0.1, 0.15) is 23.8 Å². The zero-order chi connectivity index (χ0) is 16.8. The maximum atomic E-state index is 5.81. The number of hydrogen-bond acceptors (Lipinski definition) is 8. The summed E-state index contributed by atoms with van der Waals surface area (Å²) in [5, 5.41) is 12.9. The Bertz CT molecular complexity index is 1040. The molecule has 8 heteroatoms. The van der Waals surface area contributed by atoms with E-state index in [1.54, 1.807) is 29.0 Å². The largest absolute Gasteiger partial charge is 0.410 e. The Kier molecular flexibility index (Phi) is 3.83. The van der Waals surface area contributed by atoms with Crippen LogP contribution < -0.4 is 0 Å². The van der Waals surface area contributed by atoms with Gasteiger partial charge in [-0.3, -0.25) is 0 Å². The van der Waals surface area contributed by atoms with E-state index in [9.17, 15) is 0 Å². The first-order chi connectivity index (χ1) is 12.3. The van der Waals surface area contributed by atoms with E-state index in [1.807, 2.05) is 17.5 Å². The van der Waals surface area contributed by atoms with Crippen LogP contribution in [0.2, 0.25) is 0 Å². The Hall–Kier alpha value is -1.77. The molecule has 0 N–H and O–H groups in total. The molecule has 1 aliphatic rings. The molecular weight excluding hydrogens is 372 g/mol. The molecule has 0 aliphatic heterocycles. The van der Waals surface area contributed by atoms with Gasteiger partial charge in [0.1, 0.15) is 16.2 Å². The number of nitrogens with zero attached hydrogens (tertiary/aromatic N) is 4. The van der Waals surface area contributed by atoms with Crippen molar-refractivity contribution in [2.75, 3.05) is 0 Å². The predicted octanol–water partition coefficient (Wildman–Crippen LogP) is 5.08. The van der Waals surface area contributed by atoms with Crippen LogP contribution in [0.15, 0.2) is 38.5 Å². The molecule has 5 nitrogen and oxygen atoms in total. The monoisotopic (exact) mass is 386 g/mol. The Labute approximate surface area is 156 Å². The van der Waals surface area contributed by atoms with Crippen LogP contribution in [-0.2, 0) is 12.8 Å². The molecule has 0 saturated carbocycles. The van der Waals surface area contributed by atoms with Gasteiger partial charge in [-0.2, -0.15) is 0 Å². The highest BCUT2D eigenvalue weighted by Crippen LogP contribution is 2.42. The normalized spacial score (nSPS) is 17.1. The summed E-state index contributed by atoms with van der Waals surface area (Å²) in [5.74, 6) is 1.30. The van der Waals surface area contributed by atoms with Crippen molar-refractivity contribution in [2.24, 2.45) is 5.92 Å². The Balaban J connectivity index is 1.53. The number of hydrogen-bond donors (Lipinski definition) is 0. The molecule has 4 heterocycles. The number of aromatic nitrogens is 4. The van der Waals surface area contributed by atoms with Gasteiger partial charge in [-0.05, 0) is 54.0 Å². The summed E-state index contributed by atoms with van der Waals surface area (Å²) in [4.78, 5) is 12.5. The van der Waals surface area contributed by atoms with Crippen LogP contribution in [0.5, 0.6) is 0 Å². The second-order valence-corrected chi connectivity index (χ2v) is 9.13. The van der Waals surface area contributed by atoms with Gasteiger partial charge in [0, 0.05) is 10.3 Å². The smallest absolute Gasteiger partial charge is 0.283 e. The molecule has 5 rings (SSSR count). The summed E-state index contributed by atoms with van der Waals surface area (Å²) in [6.45, 7) is 2.32.